The van der Waals surface area contributed by atoms with Crippen molar-refractivity contribution in [3.8, 4) is 5.75 Å². The lowest BCUT2D eigenvalue weighted by atomic mass is 9.96. The Morgan fingerprint density at radius 1 is 1.20 bits per heavy atom. The summed E-state index contributed by atoms with van der Waals surface area (Å²) in [5.41, 5.74) is 3.16. The average Bonchev–Trinajstić information content (AvgIpc) is 3.42. The van der Waals surface area contributed by atoms with Crippen LogP contribution in [0.1, 0.15) is 23.6 Å². The number of fused-ring (bicyclic) bond motifs is 2. The zero-order chi connectivity index (χ0) is 28.6. The number of aryl methyl sites for hydroxylation is 1. The van der Waals surface area contributed by atoms with Crippen LogP contribution in [0.3, 0.4) is 0 Å². The number of benzene rings is 1. The lowest BCUT2D eigenvalue weighted by Crippen LogP contribution is -2.49. The number of nitrogens with zero attached hydrogens (tertiary/aromatic N) is 7. The lowest BCUT2D eigenvalue weighted by Gasteiger charge is -2.40. The van der Waals surface area contributed by atoms with Crippen LogP contribution in [0.5, 0.6) is 5.75 Å². The van der Waals surface area contributed by atoms with Gasteiger partial charge in [0.15, 0.2) is 17.5 Å². The maximum atomic E-state index is 13.4. The van der Waals surface area contributed by atoms with Crippen molar-refractivity contribution >= 4 is 40.3 Å². The first-order valence-corrected chi connectivity index (χ1v) is 13.2. The number of carbonyl (C=O) groups excluding carboxylic acids is 2. The molecule has 0 radical (unpaired) electrons. The van der Waals surface area contributed by atoms with Crippen LogP contribution in [0, 0.1) is 6.92 Å². The van der Waals surface area contributed by atoms with E-state index in [2.05, 4.69) is 40.0 Å². The zero-order valence-corrected chi connectivity index (χ0v) is 23.2. The Labute approximate surface area is 231 Å². The molecule has 1 atom stereocenters. The number of aromatic amines is 1. The summed E-state index contributed by atoms with van der Waals surface area (Å²) in [5, 5.41) is 11.5. The van der Waals surface area contributed by atoms with Crippen molar-refractivity contribution in [3.63, 3.8) is 0 Å². The molecule has 2 aromatic heterocycles. The minimum Gasteiger partial charge on any atom is -0.484 e. The molecule has 4 heterocycles. The highest BCUT2D eigenvalue weighted by Gasteiger charge is 2.35. The third kappa shape index (κ3) is 5.10. The van der Waals surface area contributed by atoms with E-state index in [0.29, 0.717) is 62.7 Å². The molecule has 12 nitrogen and oxygen atoms in total. The number of amides is 2. The van der Waals surface area contributed by atoms with Crippen molar-refractivity contribution < 1.29 is 18.7 Å². The number of hydrogen-bond donors (Lipinski definition) is 2. The predicted molar refractivity (Wildman–Crippen MR) is 150 cm³/mol. The summed E-state index contributed by atoms with van der Waals surface area (Å²) in [6, 6.07) is 3.94. The fourth-order valence-electron chi connectivity index (χ4n) is 5.18. The number of nitrogens with one attached hydrogen (secondary N) is 2. The number of H-pyrrole nitrogens is 1. The standard InChI is InChI=1S/C27H34FN9O3/c1-16-6-7-19-18(14-30-33-19)22(16)20-15-40-23-24(35(20)5)31-27(29-9-8-21(38)34(3)4)32-25(23)36-10-12-37(13-11-36)26(39)17(2)28/h6-7,14,20H,2,8-13,15H2,1,3-5H3,(H,30,33)(H,29,31,32). The van der Waals surface area contributed by atoms with Crippen molar-refractivity contribution in [2.45, 2.75) is 19.4 Å². The highest BCUT2D eigenvalue weighted by atomic mass is 19.1. The maximum absolute atomic E-state index is 13.4. The first-order chi connectivity index (χ1) is 19.2. The minimum absolute atomic E-state index is 0.00915. The van der Waals surface area contributed by atoms with Crippen LogP contribution in [0.25, 0.3) is 10.9 Å². The number of piperazine rings is 1. The Hall–Kier alpha value is -4.42. The van der Waals surface area contributed by atoms with E-state index >= 15 is 0 Å². The number of likely N-dealkylation sites (N-methyl/N-ethyl adjacent to an activating group) is 1. The molecule has 2 aliphatic heterocycles. The van der Waals surface area contributed by atoms with Gasteiger partial charge in [-0.3, -0.25) is 14.7 Å². The van der Waals surface area contributed by atoms with E-state index in [0.717, 1.165) is 22.0 Å². The van der Waals surface area contributed by atoms with Crippen LogP contribution < -0.4 is 19.9 Å². The molecule has 1 fully saturated rings. The Balaban J connectivity index is 1.47. The highest BCUT2D eigenvalue weighted by Crippen LogP contribution is 2.44. The molecule has 212 valence electrons. The number of carbonyl (C=O) groups is 2. The third-order valence-corrected chi connectivity index (χ3v) is 7.45. The number of hydrogen-bond acceptors (Lipinski definition) is 9. The first kappa shape index (κ1) is 27.2. The van der Waals surface area contributed by atoms with Crippen LogP contribution in [0.4, 0.5) is 22.0 Å². The van der Waals surface area contributed by atoms with Crippen LogP contribution in [0.2, 0.25) is 0 Å². The lowest BCUT2D eigenvalue weighted by molar-refractivity contribution is -0.129. The summed E-state index contributed by atoms with van der Waals surface area (Å²) in [4.78, 5) is 40.9. The largest absolute Gasteiger partial charge is 0.484 e. The smallest absolute Gasteiger partial charge is 0.282 e. The summed E-state index contributed by atoms with van der Waals surface area (Å²) in [6.45, 7) is 7.44. The number of aromatic nitrogens is 4. The molecule has 5 rings (SSSR count). The van der Waals surface area contributed by atoms with Gasteiger partial charge in [-0.25, -0.2) is 4.39 Å². The Morgan fingerprint density at radius 2 is 1.93 bits per heavy atom. The number of halogens is 1. The fraction of sp³-hybridized carbons (Fsp3) is 0.444. The molecule has 1 unspecified atom stereocenters. The van der Waals surface area contributed by atoms with Crippen molar-refractivity contribution in [2.24, 2.45) is 0 Å². The van der Waals surface area contributed by atoms with Crippen molar-refractivity contribution in [1.82, 2.24) is 30.0 Å². The first-order valence-electron chi connectivity index (χ1n) is 13.2. The van der Waals surface area contributed by atoms with Gasteiger partial charge in [0.1, 0.15) is 6.61 Å². The van der Waals surface area contributed by atoms with Crippen LogP contribution in [-0.4, -0.2) is 102 Å². The molecule has 0 spiro atoms. The summed E-state index contributed by atoms with van der Waals surface area (Å²) in [5.74, 6) is 0.431. The summed E-state index contributed by atoms with van der Waals surface area (Å²) in [7, 11) is 5.41. The Kier molecular flexibility index (Phi) is 7.46. The molecule has 1 aromatic carbocycles. The quantitative estimate of drug-likeness (QED) is 0.426. The molecule has 2 amide bonds. The second kappa shape index (κ2) is 11.0. The fourth-order valence-corrected chi connectivity index (χ4v) is 5.18. The van der Waals surface area contributed by atoms with E-state index in [1.807, 2.05) is 24.2 Å². The van der Waals surface area contributed by atoms with Crippen molar-refractivity contribution in [1.29, 1.82) is 0 Å². The van der Waals surface area contributed by atoms with Gasteiger partial charge in [0, 0.05) is 65.7 Å². The molecule has 13 heteroatoms. The van der Waals surface area contributed by atoms with Crippen molar-refractivity contribution in [2.75, 3.05) is 75.6 Å². The van der Waals surface area contributed by atoms with Gasteiger partial charge >= 0.3 is 0 Å². The van der Waals surface area contributed by atoms with Crippen molar-refractivity contribution in [3.05, 3.63) is 41.9 Å². The molecule has 0 aliphatic carbocycles. The highest BCUT2D eigenvalue weighted by molar-refractivity contribution is 5.90. The molecule has 0 bridgehead atoms. The minimum atomic E-state index is -0.967. The van der Waals surface area contributed by atoms with Gasteiger partial charge in [-0.05, 0) is 24.1 Å². The molecule has 1 saturated heterocycles. The predicted octanol–water partition coefficient (Wildman–Crippen LogP) is 2.25. The topological polar surface area (TPSA) is 123 Å². The van der Waals surface area contributed by atoms with Gasteiger partial charge < -0.3 is 29.7 Å². The molecular formula is C27H34FN9O3. The zero-order valence-electron chi connectivity index (χ0n) is 23.2. The number of anilines is 3. The van der Waals surface area contributed by atoms with Crippen LogP contribution in [0.15, 0.2) is 30.7 Å². The molecule has 3 aromatic rings. The van der Waals surface area contributed by atoms with Gasteiger partial charge in [0.2, 0.25) is 17.6 Å². The third-order valence-electron chi connectivity index (χ3n) is 7.45. The van der Waals surface area contributed by atoms with Gasteiger partial charge in [-0.1, -0.05) is 12.6 Å². The summed E-state index contributed by atoms with van der Waals surface area (Å²) < 4.78 is 19.8. The van der Waals surface area contributed by atoms with E-state index in [-0.39, 0.29) is 18.4 Å². The normalized spacial score (nSPS) is 16.9. The van der Waals surface area contributed by atoms with E-state index < -0.39 is 11.7 Å². The van der Waals surface area contributed by atoms with Gasteiger partial charge in [-0.2, -0.15) is 15.1 Å². The van der Waals surface area contributed by atoms with E-state index in [1.165, 1.54) is 4.90 Å². The molecule has 40 heavy (non-hydrogen) atoms. The van der Waals surface area contributed by atoms with Gasteiger partial charge in [0.05, 0.1) is 17.8 Å². The van der Waals surface area contributed by atoms with Crippen LogP contribution >= 0.6 is 0 Å². The van der Waals surface area contributed by atoms with E-state index in [9.17, 15) is 14.0 Å². The van der Waals surface area contributed by atoms with E-state index in [4.69, 9.17) is 14.7 Å². The monoisotopic (exact) mass is 551 g/mol. The molecule has 2 aliphatic rings. The SMILES string of the molecule is C=C(F)C(=O)N1CCN(c2nc(NCCC(=O)N(C)C)nc3c2OCC(c2c(C)ccc4[nH]ncc24)N3C)CC1. The molecular weight excluding hydrogens is 517 g/mol. The maximum Gasteiger partial charge on any atom is 0.282 e. The second-order valence-electron chi connectivity index (χ2n) is 10.2. The summed E-state index contributed by atoms with van der Waals surface area (Å²) in [6.07, 6.45) is 2.11. The Morgan fingerprint density at radius 3 is 2.62 bits per heavy atom. The second-order valence-corrected chi connectivity index (χ2v) is 10.2. The Bertz CT molecular complexity index is 1450. The van der Waals surface area contributed by atoms with Gasteiger partial charge in [-0.15, -0.1) is 0 Å². The average molecular weight is 552 g/mol. The molecule has 2 N–H and O–H groups in total. The van der Waals surface area contributed by atoms with Crippen LogP contribution in [-0.2, 0) is 9.59 Å². The number of rotatable bonds is 7. The van der Waals surface area contributed by atoms with Gasteiger partial charge in [0.25, 0.3) is 5.91 Å². The van der Waals surface area contributed by atoms with E-state index in [1.54, 1.807) is 19.0 Å². The number of ether oxygens (including phenoxy) is 1. The summed E-state index contributed by atoms with van der Waals surface area (Å²) >= 11 is 0. The molecule has 0 saturated carbocycles.